The van der Waals surface area contributed by atoms with Gasteiger partial charge in [-0.25, -0.2) is 0 Å². The number of halogens is 1. The van der Waals surface area contributed by atoms with Crippen LogP contribution in [0.4, 0.5) is 4.48 Å². The molecule has 0 aliphatic carbocycles. The lowest BCUT2D eigenvalue weighted by Gasteiger charge is -2.03. The number of hydrogen-bond acceptors (Lipinski definition) is 0. The maximum Gasteiger partial charge on any atom is 0.104 e. The Balaban J connectivity index is 3.02. The molecule has 0 spiro atoms. The molecule has 0 aromatic rings. The number of rotatable bonds is 0. The Hall–Kier alpha value is -0.110. The average molecular weight is 78.1 g/mol. The summed E-state index contributed by atoms with van der Waals surface area (Å²) in [5.41, 5.74) is 0. The highest BCUT2D eigenvalue weighted by Gasteiger charge is 1.97. The van der Waals surface area contributed by atoms with Gasteiger partial charge in [0, 0.05) is 0 Å². The molecule has 0 rings (SSSR count). The molecule has 0 bridgehead atoms. The van der Waals surface area contributed by atoms with Crippen molar-refractivity contribution < 1.29 is 9.19 Å². The number of nitrogens with zero attached hydrogens (tertiary/aromatic N) is 1. The highest BCUT2D eigenvalue weighted by Crippen LogP contribution is 1.84. The highest BCUT2D eigenvalue weighted by atomic mass is 19.2. The highest BCUT2D eigenvalue weighted by molar-refractivity contribution is 3.73. The second kappa shape index (κ2) is 0.937. The fraction of sp³-hybridized carbons (Fsp3) is 1.00. The van der Waals surface area contributed by atoms with Crippen LogP contribution in [0.15, 0.2) is 0 Å². The second-order valence-electron chi connectivity index (χ2n) is 1.85. The third-order valence-electron chi connectivity index (χ3n) is 0. The molecule has 0 aliphatic heterocycles. The van der Waals surface area contributed by atoms with Gasteiger partial charge in [-0.05, 0) is 4.48 Å². The van der Waals surface area contributed by atoms with Crippen LogP contribution >= 0.6 is 0 Å². The van der Waals surface area contributed by atoms with E-state index < -0.39 is 4.71 Å². The third kappa shape index (κ3) is 1150. The molecule has 0 saturated heterocycles. The lowest BCUT2D eigenvalue weighted by atomic mass is 11.0. The van der Waals surface area contributed by atoms with Crippen molar-refractivity contribution >= 4 is 0 Å². The number of quaternary nitrogens is 1. The molecular weight excluding hydrogens is 69.0 g/mol. The van der Waals surface area contributed by atoms with E-state index >= 15 is 0 Å². The summed E-state index contributed by atoms with van der Waals surface area (Å²) >= 11 is 0. The molecule has 0 aliphatic rings. The monoisotopic (exact) mass is 78.1 g/mol. The van der Waals surface area contributed by atoms with Gasteiger partial charge < -0.3 is 0 Å². The molecule has 0 fully saturated rings. The van der Waals surface area contributed by atoms with Crippen molar-refractivity contribution in [2.75, 3.05) is 21.1 Å². The van der Waals surface area contributed by atoms with E-state index in [4.69, 9.17) is 0 Å². The Morgan fingerprint density at radius 1 is 1.20 bits per heavy atom. The Bertz CT molecular complexity index is 22.4. The minimum Gasteiger partial charge on any atom is -0.137 e. The molecule has 2 heteroatoms. The quantitative estimate of drug-likeness (QED) is 0.372. The van der Waals surface area contributed by atoms with Crippen LogP contribution < -0.4 is 0 Å². The first-order chi connectivity index (χ1) is 2.00. The Labute approximate surface area is 31.5 Å². The smallest absolute Gasteiger partial charge is 0.104 e. The summed E-state index contributed by atoms with van der Waals surface area (Å²) in [4.78, 5) is 0. The largest absolute Gasteiger partial charge is 0.137 e. The van der Waals surface area contributed by atoms with Gasteiger partial charge >= 0.3 is 0 Å². The van der Waals surface area contributed by atoms with Crippen LogP contribution in [0.3, 0.4) is 0 Å². The van der Waals surface area contributed by atoms with Crippen molar-refractivity contribution in [1.82, 2.24) is 0 Å². The first-order valence-electron chi connectivity index (χ1n) is 1.51. The molecule has 0 aromatic carbocycles. The van der Waals surface area contributed by atoms with E-state index in [9.17, 15) is 4.48 Å². The Morgan fingerprint density at radius 2 is 1.20 bits per heavy atom. The van der Waals surface area contributed by atoms with Gasteiger partial charge in [-0.2, -0.15) is 0 Å². The van der Waals surface area contributed by atoms with Crippen molar-refractivity contribution in [3.05, 3.63) is 0 Å². The van der Waals surface area contributed by atoms with Gasteiger partial charge in [0.05, 0.1) is 0 Å². The fourth-order valence-corrected chi connectivity index (χ4v) is 0. The fourth-order valence-electron chi connectivity index (χ4n) is 0. The van der Waals surface area contributed by atoms with Crippen molar-refractivity contribution in [2.45, 2.75) is 0 Å². The van der Waals surface area contributed by atoms with E-state index in [2.05, 4.69) is 0 Å². The molecule has 0 radical (unpaired) electrons. The maximum atomic E-state index is 11.6. The SMILES string of the molecule is C[N+](C)(C)F. The zero-order valence-corrected chi connectivity index (χ0v) is 3.83. The van der Waals surface area contributed by atoms with Gasteiger partial charge in [0.2, 0.25) is 0 Å². The molecular formula is C3H9FN+. The zero-order chi connectivity index (χ0) is 4.50. The zero-order valence-electron chi connectivity index (χ0n) is 3.83. The summed E-state index contributed by atoms with van der Waals surface area (Å²) in [6.07, 6.45) is 0. The van der Waals surface area contributed by atoms with Gasteiger partial charge in [0.15, 0.2) is 0 Å². The summed E-state index contributed by atoms with van der Waals surface area (Å²) in [6.45, 7) is 0. The van der Waals surface area contributed by atoms with Crippen LogP contribution in [0.5, 0.6) is 0 Å². The van der Waals surface area contributed by atoms with Crippen LogP contribution in [0, 0.1) is 0 Å². The average Bonchev–Trinajstić information content (AvgIpc) is 0.722. The normalized spacial score (nSPS) is 12.0. The standard InChI is InChI=1S/C3H9FN/c1-5(2,3)4/h1-3H3/q+1. The van der Waals surface area contributed by atoms with Crippen LogP contribution in [-0.2, 0) is 0 Å². The molecule has 1 nitrogen and oxygen atoms in total. The Kier molecular flexibility index (Phi) is 0.916. The van der Waals surface area contributed by atoms with Gasteiger partial charge in [0.1, 0.15) is 21.1 Å². The summed E-state index contributed by atoms with van der Waals surface area (Å²) in [5.74, 6) is 0. The molecule has 0 unspecified atom stereocenters. The Morgan fingerprint density at radius 3 is 1.20 bits per heavy atom. The van der Waals surface area contributed by atoms with Crippen LogP contribution in [-0.4, -0.2) is 25.8 Å². The van der Waals surface area contributed by atoms with E-state index in [0.717, 1.165) is 0 Å². The third-order valence-corrected chi connectivity index (χ3v) is 0. The van der Waals surface area contributed by atoms with E-state index in [1.54, 1.807) is 0 Å². The maximum absolute atomic E-state index is 11.6. The predicted octanol–water partition coefficient (Wildman–Crippen LogP) is 0.577. The molecule has 0 heterocycles. The van der Waals surface area contributed by atoms with E-state index in [1.807, 2.05) is 0 Å². The second-order valence-corrected chi connectivity index (χ2v) is 1.85. The lowest BCUT2D eigenvalue weighted by molar-refractivity contribution is -1.01. The van der Waals surface area contributed by atoms with Gasteiger partial charge in [-0.15, -0.1) is 4.71 Å². The minimum atomic E-state index is -0.500. The van der Waals surface area contributed by atoms with Crippen LogP contribution in [0.2, 0.25) is 0 Å². The molecule has 0 saturated carbocycles. The van der Waals surface area contributed by atoms with Gasteiger partial charge in [-0.1, -0.05) is 0 Å². The molecule has 0 N–H and O–H groups in total. The van der Waals surface area contributed by atoms with Crippen molar-refractivity contribution in [3.63, 3.8) is 0 Å². The predicted molar refractivity (Wildman–Crippen MR) is 19.1 cm³/mol. The first kappa shape index (κ1) is 4.89. The van der Waals surface area contributed by atoms with Crippen molar-refractivity contribution in [2.24, 2.45) is 0 Å². The van der Waals surface area contributed by atoms with Crippen molar-refractivity contribution in [1.29, 1.82) is 0 Å². The van der Waals surface area contributed by atoms with Gasteiger partial charge in [-0.3, -0.25) is 0 Å². The molecule has 0 amide bonds. The number of hydrogen-bond donors (Lipinski definition) is 0. The molecule has 0 aromatic heterocycles. The van der Waals surface area contributed by atoms with Crippen molar-refractivity contribution in [3.8, 4) is 0 Å². The topological polar surface area (TPSA) is 0 Å². The molecule has 32 valence electrons. The summed E-state index contributed by atoms with van der Waals surface area (Å²) in [6, 6.07) is 0. The summed E-state index contributed by atoms with van der Waals surface area (Å²) in [5, 5.41) is 0. The molecule has 5 heavy (non-hydrogen) atoms. The van der Waals surface area contributed by atoms with E-state index in [1.165, 1.54) is 21.1 Å². The van der Waals surface area contributed by atoms with Crippen LogP contribution in [0.25, 0.3) is 0 Å². The first-order valence-corrected chi connectivity index (χ1v) is 1.51. The lowest BCUT2D eigenvalue weighted by Crippen LogP contribution is -2.21. The van der Waals surface area contributed by atoms with E-state index in [0.29, 0.717) is 0 Å². The summed E-state index contributed by atoms with van der Waals surface area (Å²) < 4.78 is 11.1. The minimum absolute atomic E-state index is 0.500. The molecule has 0 atom stereocenters. The van der Waals surface area contributed by atoms with Crippen LogP contribution in [0.1, 0.15) is 0 Å². The summed E-state index contributed by atoms with van der Waals surface area (Å²) in [7, 11) is 4.38. The van der Waals surface area contributed by atoms with Gasteiger partial charge in [0.25, 0.3) is 0 Å². The van der Waals surface area contributed by atoms with E-state index in [-0.39, 0.29) is 0 Å².